The summed E-state index contributed by atoms with van der Waals surface area (Å²) in [5, 5.41) is 8.50. The molecular formula is C24H33FN2. The Kier molecular flexibility index (Phi) is 7.37. The molecule has 2 nitrogen and oxygen atoms in total. The molecule has 0 atom stereocenters. The van der Waals surface area contributed by atoms with Gasteiger partial charge in [-0.15, -0.1) is 0 Å². The van der Waals surface area contributed by atoms with Gasteiger partial charge in [-0.05, 0) is 54.9 Å². The average molecular weight is 369 g/mol. The summed E-state index contributed by atoms with van der Waals surface area (Å²) in [4.78, 5) is 0. The van der Waals surface area contributed by atoms with Gasteiger partial charge in [0.1, 0.15) is 5.82 Å². The molecule has 0 amide bonds. The normalized spacial score (nSPS) is 20.0. The van der Waals surface area contributed by atoms with Crippen molar-refractivity contribution in [1.29, 1.82) is 0 Å². The molecule has 0 spiro atoms. The van der Waals surface area contributed by atoms with Crippen LogP contribution >= 0.6 is 0 Å². The third-order valence-corrected chi connectivity index (χ3v) is 6.06. The molecular weight excluding hydrogens is 335 g/mol. The summed E-state index contributed by atoms with van der Waals surface area (Å²) in [5.41, 5.74) is 3.39. The highest BCUT2D eigenvalue weighted by Gasteiger charge is 2.20. The Labute approximate surface area is 163 Å². The van der Waals surface area contributed by atoms with E-state index in [9.17, 15) is 4.39 Å². The molecule has 1 aromatic heterocycles. The lowest BCUT2D eigenvalue weighted by molar-refractivity contribution is 0.252. The molecule has 2 aromatic rings. The van der Waals surface area contributed by atoms with Crippen molar-refractivity contribution in [3.05, 3.63) is 47.4 Å². The first-order chi connectivity index (χ1) is 13.2. The Morgan fingerprint density at radius 2 is 1.59 bits per heavy atom. The molecule has 0 bridgehead atoms. The first-order valence-corrected chi connectivity index (χ1v) is 10.8. The molecule has 1 aromatic carbocycles. The lowest BCUT2D eigenvalue weighted by Crippen LogP contribution is -2.15. The van der Waals surface area contributed by atoms with E-state index < -0.39 is 0 Å². The zero-order valence-electron chi connectivity index (χ0n) is 16.9. The topological polar surface area (TPSA) is 25.8 Å². The van der Waals surface area contributed by atoms with Gasteiger partial charge in [-0.1, -0.05) is 70.9 Å². The van der Waals surface area contributed by atoms with E-state index in [1.165, 1.54) is 38.5 Å². The number of aryl methyl sites for hydroxylation is 2. The summed E-state index contributed by atoms with van der Waals surface area (Å²) >= 11 is 0. The van der Waals surface area contributed by atoms with Gasteiger partial charge < -0.3 is 0 Å². The van der Waals surface area contributed by atoms with Crippen molar-refractivity contribution in [2.24, 2.45) is 11.8 Å². The van der Waals surface area contributed by atoms with Crippen LogP contribution in [-0.2, 0) is 12.8 Å². The van der Waals surface area contributed by atoms with Crippen molar-refractivity contribution in [2.75, 3.05) is 0 Å². The lowest BCUT2D eigenvalue weighted by Gasteiger charge is -2.28. The van der Waals surface area contributed by atoms with E-state index in [0.717, 1.165) is 60.0 Å². The van der Waals surface area contributed by atoms with Gasteiger partial charge in [0.15, 0.2) is 0 Å². The van der Waals surface area contributed by atoms with Gasteiger partial charge in [0.25, 0.3) is 0 Å². The molecule has 1 heterocycles. The zero-order valence-corrected chi connectivity index (χ0v) is 16.9. The molecule has 146 valence electrons. The van der Waals surface area contributed by atoms with Crippen LogP contribution in [0.3, 0.4) is 0 Å². The standard InChI is InChI=1S/C24H33FN2/c1-3-5-18-7-9-19(10-8-18)11-12-20-13-14-21(17-23(20)25)24-16-15-22(6-4-2)26-27-24/h13-19H,3-12H2,1-2H3. The first-order valence-electron chi connectivity index (χ1n) is 10.8. The predicted molar refractivity (Wildman–Crippen MR) is 110 cm³/mol. The van der Waals surface area contributed by atoms with E-state index in [4.69, 9.17) is 0 Å². The monoisotopic (exact) mass is 368 g/mol. The van der Waals surface area contributed by atoms with Crippen molar-refractivity contribution >= 4 is 0 Å². The van der Waals surface area contributed by atoms with Crippen LogP contribution in [0.25, 0.3) is 11.3 Å². The minimum Gasteiger partial charge on any atom is -0.207 e. The number of aromatic nitrogens is 2. The Morgan fingerprint density at radius 1 is 0.852 bits per heavy atom. The lowest BCUT2D eigenvalue weighted by atomic mass is 9.78. The molecule has 3 rings (SSSR count). The van der Waals surface area contributed by atoms with E-state index in [-0.39, 0.29) is 5.82 Å². The number of benzene rings is 1. The van der Waals surface area contributed by atoms with Crippen LogP contribution in [0.15, 0.2) is 30.3 Å². The van der Waals surface area contributed by atoms with Gasteiger partial charge in [-0.3, -0.25) is 0 Å². The summed E-state index contributed by atoms with van der Waals surface area (Å²) in [5.74, 6) is 1.60. The molecule has 0 aliphatic heterocycles. The second-order valence-corrected chi connectivity index (χ2v) is 8.18. The fraction of sp³-hybridized carbons (Fsp3) is 0.583. The minimum absolute atomic E-state index is 0.105. The highest BCUT2D eigenvalue weighted by Crippen LogP contribution is 2.34. The molecule has 0 unspecified atom stereocenters. The number of halogens is 1. The quantitative estimate of drug-likeness (QED) is 0.513. The SMILES string of the molecule is CCCc1ccc(-c2ccc(CCC3CCC(CCC)CC3)c(F)c2)nn1. The van der Waals surface area contributed by atoms with Crippen LogP contribution in [-0.4, -0.2) is 10.2 Å². The maximum absolute atomic E-state index is 14.6. The van der Waals surface area contributed by atoms with E-state index >= 15 is 0 Å². The van der Waals surface area contributed by atoms with E-state index in [1.54, 1.807) is 6.07 Å². The van der Waals surface area contributed by atoms with Crippen LogP contribution < -0.4 is 0 Å². The summed E-state index contributed by atoms with van der Waals surface area (Å²) in [6.45, 7) is 4.41. The summed E-state index contributed by atoms with van der Waals surface area (Å²) < 4.78 is 14.6. The zero-order chi connectivity index (χ0) is 19.1. The largest absolute Gasteiger partial charge is 0.207 e. The van der Waals surface area contributed by atoms with Crippen LogP contribution in [0, 0.1) is 17.7 Å². The first kappa shape index (κ1) is 20.0. The van der Waals surface area contributed by atoms with Crippen molar-refractivity contribution in [3.8, 4) is 11.3 Å². The second kappa shape index (κ2) is 9.96. The van der Waals surface area contributed by atoms with Crippen molar-refractivity contribution in [3.63, 3.8) is 0 Å². The van der Waals surface area contributed by atoms with Gasteiger partial charge in [-0.25, -0.2) is 4.39 Å². The van der Waals surface area contributed by atoms with E-state index in [2.05, 4.69) is 24.0 Å². The van der Waals surface area contributed by atoms with Crippen molar-refractivity contribution in [1.82, 2.24) is 10.2 Å². The van der Waals surface area contributed by atoms with Gasteiger partial charge in [0.2, 0.25) is 0 Å². The second-order valence-electron chi connectivity index (χ2n) is 8.18. The Morgan fingerprint density at radius 3 is 2.19 bits per heavy atom. The van der Waals surface area contributed by atoms with E-state index in [1.807, 2.05) is 24.3 Å². The smallest absolute Gasteiger partial charge is 0.127 e. The fourth-order valence-electron chi connectivity index (χ4n) is 4.39. The molecule has 0 radical (unpaired) electrons. The molecule has 1 aliphatic carbocycles. The molecule has 0 saturated heterocycles. The van der Waals surface area contributed by atoms with Crippen molar-refractivity contribution in [2.45, 2.75) is 78.1 Å². The molecule has 3 heteroatoms. The maximum atomic E-state index is 14.6. The number of nitrogens with zero attached hydrogens (tertiary/aromatic N) is 2. The van der Waals surface area contributed by atoms with Gasteiger partial charge in [-0.2, -0.15) is 10.2 Å². The minimum atomic E-state index is -0.105. The highest BCUT2D eigenvalue weighted by molar-refractivity contribution is 5.59. The third-order valence-electron chi connectivity index (χ3n) is 6.06. The predicted octanol–water partition coefficient (Wildman–Crippen LogP) is 6.77. The maximum Gasteiger partial charge on any atom is 0.127 e. The van der Waals surface area contributed by atoms with Crippen LogP contribution in [0.4, 0.5) is 4.39 Å². The Hall–Kier alpha value is -1.77. The number of hydrogen-bond acceptors (Lipinski definition) is 2. The molecule has 1 aliphatic rings. The van der Waals surface area contributed by atoms with Crippen molar-refractivity contribution < 1.29 is 4.39 Å². The van der Waals surface area contributed by atoms with Crippen LogP contribution in [0.2, 0.25) is 0 Å². The van der Waals surface area contributed by atoms with Crippen LogP contribution in [0.1, 0.15) is 76.5 Å². The fourth-order valence-corrected chi connectivity index (χ4v) is 4.39. The number of rotatable bonds is 8. The molecule has 0 N–H and O–H groups in total. The van der Waals surface area contributed by atoms with Crippen LogP contribution in [0.5, 0.6) is 0 Å². The summed E-state index contributed by atoms with van der Waals surface area (Å²) in [6, 6.07) is 9.49. The van der Waals surface area contributed by atoms with Gasteiger partial charge >= 0.3 is 0 Å². The van der Waals surface area contributed by atoms with Gasteiger partial charge in [0, 0.05) is 5.56 Å². The molecule has 1 fully saturated rings. The number of hydrogen-bond donors (Lipinski definition) is 0. The molecule has 27 heavy (non-hydrogen) atoms. The Bertz CT molecular complexity index is 703. The average Bonchev–Trinajstić information content (AvgIpc) is 2.69. The summed E-state index contributed by atoms with van der Waals surface area (Å²) in [6.07, 6.45) is 12.0. The van der Waals surface area contributed by atoms with E-state index in [0.29, 0.717) is 0 Å². The third kappa shape index (κ3) is 5.60. The molecule has 1 saturated carbocycles. The van der Waals surface area contributed by atoms with Gasteiger partial charge in [0.05, 0.1) is 11.4 Å². The summed E-state index contributed by atoms with van der Waals surface area (Å²) in [7, 11) is 0. The Balaban J connectivity index is 1.55. The highest BCUT2D eigenvalue weighted by atomic mass is 19.1.